The number of hydrogen-bond acceptors (Lipinski definition) is 4. The van der Waals surface area contributed by atoms with Crippen LogP contribution >= 0.6 is 11.8 Å². The zero-order valence-electron chi connectivity index (χ0n) is 17.7. The van der Waals surface area contributed by atoms with E-state index < -0.39 is 0 Å². The fraction of sp³-hybridized carbons (Fsp3) is 0.154. The molecule has 0 N–H and O–H groups in total. The zero-order chi connectivity index (χ0) is 22.0. The number of aryl methyl sites for hydroxylation is 3. The van der Waals surface area contributed by atoms with E-state index in [-0.39, 0.29) is 11.1 Å². The Bertz CT molecular complexity index is 1180. The van der Waals surface area contributed by atoms with Crippen molar-refractivity contribution >= 4 is 34.7 Å². The van der Waals surface area contributed by atoms with Crippen LogP contribution in [0.5, 0.6) is 5.75 Å². The number of thioether (sulfide) groups is 1. The first-order valence-electron chi connectivity index (χ1n) is 10.0. The molecule has 1 heterocycles. The largest absolute Gasteiger partial charge is 0.488 e. The van der Waals surface area contributed by atoms with Gasteiger partial charge in [-0.1, -0.05) is 65.7 Å². The van der Waals surface area contributed by atoms with Gasteiger partial charge in [-0.15, -0.1) is 0 Å². The zero-order valence-corrected chi connectivity index (χ0v) is 18.5. The normalized spacial score (nSPS) is 15.1. The molecule has 1 fully saturated rings. The first-order chi connectivity index (χ1) is 14.9. The van der Waals surface area contributed by atoms with Crippen LogP contribution in [0.25, 0.3) is 6.08 Å². The fourth-order valence-electron chi connectivity index (χ4n) is 3.45. The number of para-hydroxylation sites is 1. The fourth-order valence-corrected chi connectivity index (χ4v) is 4.27. The minimum absolute atomic E-state index is 0.291. The lowest BCUT2D eigenvalue weighted by Crippen LogP contribution is -2.28. The number of carbonyl (C=O) groups excluding carboxylic acids is 2. The van der Waals surface area contributed by atoms with Crippen LogP contribution in [0.4, 0.5) is 10.5 Å². The van der Waals surface area contributed by atoms with Crippen LogP contribution in [0, 0.1) is 20.8 Å². The Hall–Kier alpha value is -3.31. The first kappa shape index (κ1) is 20.9. The molecular formula is C26H23NO3S. The molecule has 3 aromatic rings. The van der Waals surface area contributed by atoms with Gasteiger partial charge in [-0.25, -0.2) is 4.90 Å². The number of rotatable bonds is 5. The summed E-state index contributed by atoms with van der Waals surface area (Å²) >= 11 is 0.952. The number of anilines is 1. The quantitative estimate of drug-likeness (QED) is 0.438. The third-order valence-electron chi connectivity index (χ3n) is 5.11. The van der Waals surface area contributed by atoms with Crippen molar-refractivity contribution in [3.8, 4) is 5.75 Å². The number of nitrogens with zero attached hydrogens (tertiary/aromatic N) is 1. The van der Waals surface area contributed by atoms with Crippen molar-refractivity contribution < 1.29 is 14.3 Å². The SMILES string of the molecule is Cc1ccc(COc2ccccc2/C=C2\SC(=O)N(c3ccc(C)cc3C)C2=O)cc1. The maximum atomic E-state index is 13.1. The molecule has 5 heteroatoms. The summed E-state index contributed by atoms with van der Waals surface area (Å²) in [5.74, 6) is 0.358. The van der Waals surface area contributed by atoms with Crippen molar-refractivity contribution in [1.29, 1.82) is 0 Å². The highest BCUT2D eigenvalue weighted by Gasteiger charge is 2.37. The van der Waals surface area contributed by atoms with Crippen LogP contribution < -0.4 is 9.64 Å². The Labute approximate surface area is 186 Å². The molecule has 31 heavy (non-hydrogen) atoms. The number of imide groups is 1. The van der Waals surface area contributed by atoms with E-state index in [4.69, 9.17) is 4.74 Å². The lowest BCUT2D eigenvalue weighted by atomic mass is 10.1. The first-order valence-corrected chi connectivity index (χ1v) is 10.9. The molecule has 2 amide bonds. The average Bonchev–Trinajstić information content (AvgIpc) is 3.02. The molecule has 0 aliphatic carbocycles. The van der Waals surface area contributed by atoms with Gasteiger partial charge < -0.3 is 4.74 Å². The number of benzene rings is 3. The van der Waals surface area contributed by atoms with Crippen molar-refractivity contribution in [3.63, 3.8) is 0 Å². The number of hydrogen-bond donors (Lipinski definition) is 0. The molecule has 4 rings (SSSR count). The summed E-state index contributed by atoms with van der Waals surface area (Å²) < 4.78 is 6.02. The highest BCUT2D eigenvalue weighted by molar-refractivity contribution is 8.19. The van der Waals surface area contributed by atoms with Crippen molar-refractivity contribution in [2.45, 2.75) is 27.4 Å². The lowest BCUT2D eigenvalue weighted by Gasteiger charge is -2.15. The molecule has 1 aliphatic rings. The summed E-state index contributed by atoms with van der Waals surface area (Å²) in [6, 6.07) is 21.4. The Balaban J connectivity index is 1.58. The van der Waals surface area contributed by atoms with Gasteiger partial charge in [0.25, 0.3) is 11.1 Å². The summed E-state index contributed by atoms with van der Waals surface area (Å²) in [5.41, 5.74) is 5.63. The van der Waals surface area contributed by atoms with Crippen LogP contribution in [-0.4, -0.2) is 11.1 Å². The van der Waals surface area contributed by atoms with Crippen LogP contribution in [0.2, 0.25) is 0 Å². The van der Waals surface area contributed by atoms with Gasteiger partial charge in [-0.2, -0.15) is 0 Å². The highest BCUT2D eigenvalue weighted by atomic mass is 32.2. The predicted molar refractivity (Wildman–Crippen MR) is 126 cm³/mol. The molecule has 4 nitrogen and oxygen atoms in total. The maximum Gasteiger partial charge on any atom is 0.298 e. The Kier molecular flexibility index (Phi) is 5.96. The molecule has 0 aromatic heterocycles. The molecule has 3 aromatic carbocycles. The molecule has 156 valence electrons. The summed E-state index contributed by atoms with van der Waals surface area (Å²) in [6.45, 7) is 6.36. The monoisotopic (exact) mass is 429 g/mol. The molecule has 0 unspecified atom stereocenters. The summed E-state index contributed by atoms with van der Waals surface area (Å²) in [7, 11) is 0. The van der Waals surface area contributed by atoms with Gasteiger partial charge in [0.2, 0.25) is 0 Å². The van der Waals surface area contributed by atoms with E-state index in [1.165, 1.54) is 10.5 Å². The van der Waals surface area contributed by atoms with Gasteiger partial charge in [0.1, 0.15) is 12.4 Å². The summed E-state index contributed by atoms with van der Waals surface area (Å²) in [5, 5.41) is -0.291. The predicted octanol–water partition coefficient (Wildman–Crippen LogP) is 6.43. The Morgan fingerprint density at radius 2 is 1.61 bits per heavy atom. The van der Waals surface area contributed by atoms with Crippen molar-refractivity contribution in [2.75, 3.05) is 4.90 Å². The molecule has 1 saturated heterocycles. The average molecular weight is 430 g/mol. The highest BCUT2D eigenvalue weighted by Crippen LogP contribution is 2.38. The smallest absolute Gasteiger partial charge is 0.298 e. The molecule has 1 aliphatic heterocycles. The van der Waals surface area contributed by atoms with E-state index in [1.54, 1.807) is 6.08 Å². The maximum absolute atomic E-state index is 13.1. The molecule has 0 spiro atoms. The molecule has 0 atom stereocenters. The van der Waals surface area contributed by atoms with Gasteiger partial charge in [-0.05, 0) is 61.9 Å². The van der Waals surface area contributed by atoms with Gasteiger partial charge in [0, 0.05) is 5.56 Å². The molecule has 0 radical (unpaired) electrons. The molecule has 0 bridgehead atoms. The Morgan fingerprint density at radius 1 is 0.903 bits per heavy atom. The van der Waals surface area contributed by atoms with E-state index in [0.717, 1.165) is 34.0 Å². The second-order valence-electron chi connectivity index (χ2n) is 7.62. The van der Waals surface area contributed by atoms with Crippen LogP contribution in [0.3, 0.4) is 0 Å². The number of carbonyl (C=O) groups is 2. The van der Waals surface area contributed by atoms with Crippen molar-refractivity contribution in [1.82, 2.24) is 0 Å². The topological polar surface area (TPSA) is 46.6 Å². The van der Waals surface area contributed by atoms with E-state index in [1.807, 2.05) is 87.5 Å². The molecular weight excluding hydrogens is 406 g/mol. The van der Waals surface area contributed by atoms with Crippen LogP contribution in [0.15, 0.2) is 71.6 Å². The third kappa shape index (κ3) is 4.57. The molecule has 0 saturated carbocycles. The van der Waals surface area contributed by atoms with Crippen LogP contribution in [-0.2, 0) is 11.4 Å². The summed E-state index contributed by atoms with van der Waals surface area (Å²) in [6.07, 6.45) is 1.74. The standard InChI is InChI=1S/C26H23NO3S/c1-17-8-11-20(12-9-17)16-30-23-7-5-4-6-21(23)15-24-25(28)27(26(29)31-24)22-13-10-18(2)14-19(22)3/h4-15H,16H2,1-3H3/b24-15-. The van der Waals surface area contributed by atoms with E-state index in [0.29, 0.717) is 22.9 Å². The summed E-state index contributed by atoms with van der Waals surface area (Å²) in [4.78, 5) is 27.3. The minimum atomic E-state index is -0.310. The Morgan fingerprint density at radius 3 is 2.35 bits per heavy atom. The second kappa shape index (κ2) is 8.82. The van der Waals surface area contributed by atoms with E-state index in [2.05, 4.69) is 0 Å². The third-order valence-corrected chi connectivity index (χ3v) is 5.98. The van der Waals surface area contributed by atoms with Gasteiger partial charge in [0.05, 0.1) is 10.6 Å². The minimum Gasteiger partial charge on any atom is -0.488 e. The number of ether oxygens (including phenoxy) is 1. The van der Waals surface area contributed by atoms with Crippen molar-refractivity contribution in [2.24, 2.45) is 0 Å². The second-order valence-corrected chi connectivity index (χ2v) is 8.61. The lowest BCUT2D eigenvalue weighted by molar-refractivity contribution is -0.113. The van der Waals surface area contributed by atoms with E-state index >= 15 is 0 Å². The van der Waals surface area contributed by atoms with Crippen LogP contribution in [0.1, 0.15) is 27.8 Å². The van der Waals surface area contributed by atoms with Gasteiger partial charge >= 0.3 is 0 Å². The number of amides is 2. The van der Waals surface area contributed by atoms with Crippen molar-refractivity contribution in [3.05, 3.63) is 99.5 Å². The van der Waals surface area contributed by atoms with E-state index in [9.17, 15) is 9.59 Å². The van der Waals surface area contributed by atoms with Gasteiger partial charge in [0.15, 0.2) is 0 Å². The van der Waals surface area contributed by atoms with Gasteiger partial charge in [-0.3, -0.25) is 9.59 Å².